The number of carbonyl (C=O) groups excluding carboxylic acids is 1. The summed E-state index contributed by atoms with van der Waals surface area (Å²) < 4.78 is 26.4. The van der Waals surface area contributed by atoms with Crippen LogP contribution in [0.4, 0.5) is 5.69 Å². The molecule has 0 bridgehead atoms. The monoisotopic (exact) mass is 438 g/mol. The maximum atomic E-state index is 12.4. The van der Waals surface area contributed by atoms with Crippen molar-refractivity contribution in [2.75, 3.05) is 17.1 Å². The normalized spacial score (nSPS) is 12.5. The van der Waals surface area contributed by atoms with E-state index in [0.717, 1.165) is 31.7 Å². The van der Waals surface area contributed by atoms with Gasteiger partial charge >= 0.3 is 0 Å². The van der Waals surface area contributed by atoms with E-state index in [1.807, 2.05) is 45.0 Å². The summed E-state index contributed by atoms with van der Waals surface area (Å²) in [6, 6.07) is 12.8. The van der Waals surface area contributed by atoms with Gasteiger partial charge in [0, 0.05) is 4.47 Å². The Labute approximate surface area is 163 Å². The maximum Gasteiger partial charge on any atom is 0.241 e. The molecule has 140 valence electrons. The minimum absolute atomic E-state index is 0.212. The van der Waals surface area contributed by atoms with Gasteiger partial charge in [-0.05, 0) is 50.1 Å². The number of hydrogen-bond donors (Lipinski definition) is 1. The van der Waals surface area contributed by atoms with Crippen molar-refractivity contribution in [2.45, 2.75) is 26.8 Å². The number of carbonyl (C=O) groups is 1. The van der Waals surface area contributed by atoms with Gasteiger partial charge in [0.05, 0.1) is 18.0 Å². The molecular formula is C19H23BrN2O3S. The van der Waals surface area contributed by atoms with E-state index in [-0.39, 0.29) is 18.5 Å². The minimum Gasteiger partial charge on any atom is -0.348 e. The Morgan fingerprint density at radius 2 is 1.77 bits per heavy atom. The van der Waals surface area contributed by atoms with E-state index >= 15 is 0 Å². The molecule has 0 spiro atoms. The highest BCUT2D eigenvalue weighted by Crippen LogP contribution is 2.24. The summed E-state index contributed by atoms with van der Waals surface area (Å²) in [5.41, 5.74) is 3.46. The van der Waals surface area contributed by atoms with Gasteiger partial charge in [-0.1, -0.05) is 45.8 Å². The van der Waals surface area contributed by atoms with E-state index in [0.29, 0.717) is 5.69 Å². The molecule has 0 aliphatic carbocycles. The smallest absolute Gasteiger partial charge is 0.241 e. The second-order valence-corrected chi connectivity index (χ2v) is 9.16. The number of aryl methyl sites for hydroxylation is 2. The fraction of sp³-hybridized carbons (Fsp3) is 0.316. The summed E-state index contributed by atoms with van der Waals surface area (Å²) in [5, 5.41) is 2.86. The predicted molar refractivity (Wildman–Crippen MR) is 109 cm³/mol. The van der Waals surface area contributed by atoms with Gasteiger partial charge in [-0.25, -0.2) is 8.42 Å². The molecule has 1 atom stereocenters. The first-order chi connectivity index (χ1) is 12.1. The molecule has 7 heteroatoms. The SMILES string of the molecule is Cc1ccc([C@@H](C)NC(=O)CN(c2ccc(Br)c(C)c2)S(C)(=O)=O)cc1. The van der Waals surface area contributed by atoms with Crippen LogP contribution in [0, 0.1) is 13.8 Å². The third-order valence-corrected chi connectivity index (χ3v) is 6.10. The highest BCUT2D eigenvalue weighted by atomic mass is 79.9. The van der Waals surface area contributed by atoms with Gasteiger partial charge in [0.1, 0.15) is 6.54 Å². The molecule has 2 aromatic carbocycles. The average Bonchev–Trinajstić information content (AvgIpc) is 2.55. The van der Waals surface area contributed by atoms with Crippen LogP contribution in [0.3, 0.4) is 0 Å². The van der Waals surface area contributed by atoms with Crippen LogP contribution >= 0.6 is 15.9 Å². The van der Waals surface area contributed by atoms with Gasteiger partial charge in [-0.2, -0.15) is 0 Å². The number of nitrogens with one attached hydrogen (secondary N) is 1. The Balaban J connectivity index is 2.16. The molecule has 1 N–H and O–H groups in total. The lowest BCUT2D eigenvalue weighted by Crippen LogP contribution is -2.41. The lowest BCUT2D eigenvalue weighted by atomic mass is 10.1. The summed E-state index contributed by atoms with van der Waals surface area (Å²) in [4.78, 5) is 12.4. The molecule has 2 rings (SSSR count). The summed E-state index contributed by atoms with van der Waals surface area (Å²) >= 11 is 3.40. The van der Waals surface area contributed by atoms with Crippen molar-refractivity contribution in [3.8, 4) is 0 Å². The zero-order chi connectivity index (χ0) is 19.5. The van der Waals surface area contributed by atoms with Crippen molar-refractivity contribution in [1.29, 1.82) is 0 Å². The topological polar surface area (TPSA) is 66.5 Å². The molecule has 0 saturated carbocycles. The van der Waals surface area contributed by atoms with Gasteiger partial charge < -0.3 is 5.32 Å². The molecule has 0 unspecified atom stereocenters. The summed E-state index contributed by atoms with van der Waals surface area (Å²) in [6.07, 6.45) is 1.10. The van der Waals surface area contributed by atoms with Crippen LogP contribution in [0.15, 0.2) is 46.9 Å². The minimum atomic E-state index is -3.59. The Morgan fingerprint density at radius 1 is 1.15 bits per heavy atom. The third-order valence-electron chi connectivity index (χ3n) is 4.07. The number of sulfonamides is 1. The second-order valence-electron chi connectivity index (χ2n) is 6.40. The number of halogens is 1. The number of amides is 1. The molecular weight excluding hydrogens is 416 g/mol. The van der Waals surface area contributed by atoms with Crippen LogP contribution in [0.2, 0.25) is 0 Å². The van der Waals surface area contributed by atoms with Crippen molar-refractivity contribution in [2.24, 2.45) is 0 Å². The second kappa shape index (κ2) is 8.22. The number of hydrogen-bond acceptors (Lipinski definition) is 3. The summed E-state index contributed by atoms with van der Waals surface area (Å²) in [5.74, 6) is -0.357. The standard InChI is InChI=1S/C19H23BrN2O3S/c1-13-5-7-16(8-6-13)15(3)21-19(23)12-22(26(4,24)25)17-9-10-18(20)14(2)11-17/h5-11,15H,12H2,1-4H3,(H,21,23)/t15-/m1/s1. The van der Waals surface area contributed by atoms with Gasteiger partial charge in [0.25, 0.3) is 0 Å². The van der Waals surface area contributed by atoms with Crippen LogP contribution in [-0.4, -0.2) is 27.1 Å². The first-order valence-corrected chi connectivity index (χ1v) is 10.8. The molecule has 1 amide bonds. The van der Waals surface area contributed by atoms with Gasteiger partial charge in [-0.15, -0.1) is 0 Å². The van der Waals surface area contributed by atoms with Crippen LogP contribution in [0.5, 0.6) is 0 Å². The molecule has 0 heterocycles. The quantitative estimate of drug-likeness (QED) is 0.747. The number of rotatable bonds is 6. The largest absolute Gasteiger partial charge is 0.348 e. The van der Waals surface area contributed by atoms with E-state index in [2.05, 4.69) is 21.2 Å². The molecule has 0 radical (unpaired) electrons. The molecule has 0 aliphatic rings. The lowest BCUT2D eigenvalue weighted by molar-refractivity contribution is -0.120. The Hall–Kier alpha value is -1.86. The zero-order valence-corrected chi connectivity index (χ0v) is 17.7. The highest BCUT2D eigenvalue weighted by molar-refractivity contribution is 9.10. The van der Waals surface area contributed by atoms with Crippen molar-refractivity contribution in [1.82, 2.24) is 5.32 Å². The van der Waals surface area contributed by atoms with E-state index in [1.165, 1.54) is 0 Å². The van der Waals surface area contributed by atoms with Crippen molar-refractivity contribution in [3.63, 3.8) is 0 Å². The molecule has 26 heavy (non-hydrogen) atoms. The van der Waals surface area contributed by atoms with E-state index in [4.69, 9.17) is 0 Å². The molecule has 0 aliphatic heterocycles. The molecule has 0 saturated heterocycles. The van der Waals surface area contributed by atoms with E-state index < -0.39 is 10.0 Å². The first kappa shape index (κ1) is 20.5. The Morgan fingerprint density at radius 3 is 2.31 bits per heavy atom. The van der Waals surface area contributed by atoms with Crippen LogP contribution in [0.1, 0.15) is 29.7 Å². The fourth-order valence-electron chi connectivity index (χ4n) is 2.54. The maximum absolute atomic E-state index is 12.4. The van der Waals surface area contributed by atoms with Crippen molar-refractivity contribution >= 4 is 37.5 Å². The van der Waals surface area contributed by atoms with Crippen LogP contribution in [-0.2, 0) is 14.8 Å². The number of nitrogens with zero attached hydrogens (tertiary/aromatic N) is 1. The predicted octanol–water partition coefficient (Wildman–Crippen LogP) is 3.71. The third kappa shape index (κ3) is 5.32. The molecule has 0 fully saturated rings. The Kier molecular flexibility index (Phi) is 6.47. The number of anilines is 1. The highest BCUT2D eigenvalue weighted by Gasteiger charge is 2.22. The first-order valence-electron chi connectivity index (χ1n) is 8.17. The van der Waals surface area contributed by atoms with E-state index in [9.17, 15) is 13.2 Å². The van der Waals surface area contributed by atoms with Gasteiger partial charge in [0.2, 0.25) is 15.9 Å². The molecule has 0 aromatic heterocycles. The van der Waals surface area contributed by atoms with E-state index in [1.54, 1.807) is 18.2 Å². The molecule has 5 nitrogen and oxygen atoms in total. The van der Waals surface area contributed by atoms with Crippen molar-refractivity contribution < 1.29 is 13.2 Å². The fourth-order valence-corrected chi connectivity index (χ4v) is 3.63. The summed E-state index contributed by atoms with van der Waals surface area (Å²) in [6.45, 7) is 5.47. The Bertz CT molecular complexity index is 896. The lowest BCUT2D eigenvalue weighted by Gasteiger charge is -2.24. The average molecular weight is 439 g/mol. The molecule has 2 aromatic rings. The van der Waals surface area contributed by atoms with Crippen LogP contribution in [0.25, 0.3) is 0 Å². The summed E-state index contributed by atoms with van der Waals surface area (Å²) in [7, 11) is -3.59. The number of benzene rings is 2. The van der Waals surface area contributed by atoms with Crippen molar-refractivity contribution in [3.05, 3.63) is 63.6 Å². The van der Waals surface area contributed by atoms with Crippen LogP contribution < -0.4 is 9.62 Å². The van der Waals surface area contributed by atoms with Gasteiger partial charge in [0.15, 0.2) is 0 Å². The van der Waals surface area contributed by atoms with Gasteiger partial charge in [-0.3, -0.25) is 9.10 Å². The zero-order valence-electron chi connectivity index (χ0n) is 15.3.